The first-order chi connectivity index (χ1) is 5.38. The minimum Gasteiger partial charge on any atom is -0.373 e. The highest BCUT2D eigenvalue weighted by Crippen LogP contribution is 2.06. The van der Waals surface area contributed by atoms with Crippen molar-refractivity contribution in [3.63, 3.8) is 0 Å². The molecule has 1 heterocycles. The average molecular weight is 157 g/mol. The third-order valence-corrected chi connectivity index (χ3v) is 1.35. The lowest BCUT2D eigenvalue weighted by Crippen LogP contribution is -2.38. The Morgan fingerprint density at radius 3 is 3.36 bits per heavy atom. The number of carbonyl (C=O) groups excluding carboxylic acids is 1. The van der Waals surface area contributed by atoms with E-state index in [0.717, 1.165) is 0 Å². The largest absolute Gasteiger partial charge is 0.373 e. The van der Waals surface area contributed by atoms with Gasteiger partial charge in [-0.2, -0.15) is 0 Å². The number of rotatable bonds is 2. The van der Waals surface area contributed by atoms with Crippen LogP contribution in [0.2, 0.25) is 0 Å². The van der Waals surface area contributed by atoms with Crippen LogP contribution in [0.4, 0.5) is 0 Å². The van der Waals surface area contributed by atoms with Gasteiger partial charge in [-0.05, 0) is 6.92 Å². The predicted octanol–water partition coefficient (Wildman–Crippen LogP) is -0.316. The van der Waals surface area contributed by atoms with E-state index in [2.05, 4.69) is 5.32 Å². The highest BCUT2D eigenvalue weighted by atomic mass is 16.7. The van der Waals surface area contributed by atoms with E-state index < -0.39 is 6.29 Å². The highest BCUT2D eigenvalue weighted by molar-refractivity contribution is 5.52. The van der Waals surface area contributed by atoms with Gasteiger partial charge in [0.25, 0.3) is 0 Å². The van der Waals surface area contributed by atoms with Crippen molar-refractivity contribution in [2.24, 2.45) is 0 Å². The Hall–Kier alpha value is -0.830. The molecule has 1 unspecified atom stereocenters. The standard InChI is InChI=1S/C7H11NO3/c1-2-10-7-6(5-9)8-3-4-11-7/h7-8H,2-4H2,1H3. The number of morpholine rings is 1. The van der Waals surface area contributed by atoms with Crippen LogP contribution in [0.25, 0.3) is 0 Å². The van der Waals surface area contributed by atoms with E-state index in [4.69, 9.17) is 9.47 Å². The molecule has 4 heteroatoms. The van der Waals surface area contributed by atoms with Crippen LogP contribution >= 0.6 is 0 Å². The minimum absolute atomic E-state index is 0.359. The normalized spacial score (nSPS) is 24.1. The number of ether oxygens (including phenoxy) is 2. The van der Waals surface area contributed by atoms with Crippen LogP contribution in [0, 0.1) is 0 Å². The lowest BCUT2D eigenvalue weighted by molar-refractivity contribution is -0.128. The molecule has 0 aliphatic carbocycles. The molecule has 0 aromatic carbocycles. The van der Waals surface area contributed by atoms with Crippen molar-refractivity contribution < 1.29 is 14.3 Å². The number of hydrogen-bond donors (Lipinski definition) is 1. The van der Waals surface area contributed by atoms with E-state index in [-0.39, 0.29) is 0 Å². The third-order valence-electron chi connectivity index (χ3n) is 1.35. The molecule has 11 heavy (non-hydrogen) atoms. The van der Waals surface area contributed by atoms with E-state index in [1.54, 1.807) is 5.94 Å². The molecular weight excluding hydrogens is 146 g/mol. The summed E-state index contributed by atoms with van der Waals surface area (Å²) in [6, 6.07) is 0. The smallest absolute Gasteiger partial charge is 0.209 e. The van der Waals surface area contributed by atoms with Crippen LogP contribution in [-0.2, 0) is 14.3 Å². The van der Waals surface area contributed by atoms with Crippen molar-refractivity contribution in [2.75, 3.05) is 19.8 Å². The van der Waals surface area contributed by atoms with Gasteiger partial charge in [0.2, 0.25) is 6.29 Å². The number of hydrogen-bond acceptors (Lipinski definition) is 4. The van der Waals surface area contributed by atoms with Crippen molar-refractivity contribution in [2.45, 2.75) is 13.2 Å². The van der Waals surface area contributed by atoms with Gasteiger partial charge in [-0.3, -0.25) is 0 Å². The fraction of sp³-hybridized carbons (Fsp3) is 0.714. The molecule has 1 aliphatic rings. The summed E-state index contributed by atoms with van der Waals surface area (Å²) in [6.45, 7) is 3.59. The fourth-order valence-electron chi connectivity index (χ4n) is 0.885. The molecule has 1 N–H and O–H groups in total. The summed E-state index contributed by atoms with van der Waals surface area (Å²) in [5.41, 5.74) is 0.359. The Bertz CT molecular complexity index is 173. The third kappa shape index (κ3) is 2.05. The Morgan fingerprint density at radius 2 is 2.73 bits per heavy atom. The Kier molecular flexibility index (Phi) is 3.11. The molecule has 1 fully saturated rings. The molecule has 0 saturated carbocycles. The number of nitrogens with one attached hydrogen (secondary N) is 1. The summed E-state index contributed by atoms with van der Waals surface area (Å²) in [6.07, 6.45) is -0.536. The minimum atomic E-state index is -0.536. The Labute approximate surface area is 65.2 Å². The van der Waals surface area contributed by atoms with E-state index in [1.807, 2.05) is 6.92 Å². The maximum atomic E-state index is 10.3. The lowest BCUT2D eigenvalue weighted by Gasteiger charge is -2.24. The van der Waals surface area contributed by atoms with Gasteiger partial charge in [-0.15, -0.1) is 0 Å². The van der Waals surface area contributed by atoms with Gasteiger partial charge in [0.1, 0.15) is 0 Å². The molecule has 0 spiro atoms. The molecule has 0 bridgehead atoms. The second-order valence-electron chi connectivity index (χ2n) is 2.10. The molecule has 1 saturated heterocycles. The SMILES string of the molecule is CCOC1OCCNC1=C=O. The predicted molar refractivity (Wildman–Crippen MR) is 38.6 cm³/mol. The topological polar surface area (TPSA) is 47.6 Å². The average Bonchev–Trinajstić information content (AvgIpc) is 2.06. The van der Waals surface area contributed by atoms with Gasteiger partial charge in [0.15, 0.2) is 11.6 Å². The van der Waals surface area contributed by atoms with Crippen LogP contribution < -0.4 is 5.32 Å². The molecule has 4 nitrogen and oxygen atoms in total. The first kappa shape index (κ1) is 8.27. The van der Waals surface area contributed by atoms with Gasteiger partial charge in [0.05, 0.1) is 6.61 Å². The van der Waals surface area contributed by atoms with Crippen molar-refractivity contribution in [1.82, 2.24) is 5.32 Å². The Balaban J connectivity index is 2.52. The summed E-state index contributed by atoms with van der Waals surface area (Å²) in [7, 11) is 0. The first-order valence-electron chi connectivity index (χ1n) is 3.60. The van der Waals surface area contributed by atoms with E-state index >= 15 is 0 Å². The lowest BCUT2D eigenvalue weighted by atomic mass is 10.4. The summed E-state index contributed by atoms with van der Waals surface area (Å²) in [4.78, 5) is 10.3. The Morgan fingerprint density at radius 1 is 1.91 bits per heavy atom. The van der Waals surface area contributed by atoms with Gasteiger partial charge in [-0.25, -0.2) is 4.79 Å². The molecule has 0 amide bonds. The molecular formula is C7H11NO3. The molecule has 1 atom stereocenters. The molecule has 62 valence electrons. The van der Waals surface area contributed by atoms with Crippen molar-refractivity contribution in [3.8, 4) is 0 Å². The van der Waals surface area contributed by atoms with Crippen LogP contribution in [-0.4, -0.2) is 32.0 Å². The quantitative estimate of drug-likeness (QED) is 0.558. The summed E-state index contributed by atoms with van der Waals surface area (Å²) < 4.78 is 10.2. The summed E-state index contributed by atoms with van der Waals surface area (Å²) in [5, 5.41) is 2.85. The van der Waals surface area contributed by atoms with Crippen LogP contribution in [0.1, 0.15) is 6.92 Å². The molecule has 0 radical (unpaired) electrons. The zero-order valence-corrected chi connectivity index (χ0v) is 6.42. The van der Waals surface area contributed by atoms with E-state index in [1.165, 1.54) is 0 Å². The van der Waals surface area contributed by atoms with E-state index in [9.17, 15) is 4.79 Å². The van der Waals surface area contributed by atoms with Gasteiger partial charge in [0, 0.05) is 13.2 Å². The van der Waals surface area contributed by atoms with E-state index in [0.29, 0.717) is 25.5 Å². The zero-order chi connectivity index (χ0) is 8.10. The van der Waals surface area contributed by atoms with Crippen molar-refractivity contribution in [1.29, 1.82) is 0 Å². The van der Waals surface area contributed by atoms with Gasteiger partial charge in [-0.1, -0.05) is 0 Å². The molecule has 1 aliphatic heterocycles. The fourth-order valence-corrected chi connectivity index (χ4v) is 0.885. The van der Waals surface area contributed by atoms with Gasteiger partial charge >= 0.3 is 0 Å². The zero-order valence-electron chi connectivity index (χ0n) is 6.42. The molecule has 0 aromatic heterocycles. The second kappa shape index (κ2) is 4.13. The second-order valence-corrected chi connectivity index (χ2v) is 2.10. The first-order valence-corrected chi connectivity index (χ1v) is 3.60. The summed E-state index contributed by atoms with van der Waals surface area (Å²) >= 11 is 0. The van der Waals surface area contributed by atoms with Crippen LogP contribution in [0.5, 0.6) is 0 Å². The van der Waals surface area contributed by atoms with Crippen LogP contribution in [0.3, 0.4) is 0 Å². The molecule has 1 rings (SSSR count). The highest BCUT2D eigenvalue weighted by Gasteiger charge is 2.19. The maximum absolute atomic E-state index is 10.3. The van der Waals surface area contributed by atoms with Gasteiger partial charge < -0.3 is 14.8 Å². The monoisotopic (exact) mass is 157 g/mol. The summed E-state index contributed by atoms with van der Waals surface area (Å²) in [5.74, 6) is 1.74. The van der Waals surface area contributed by atoms with Crippen LogP contribution in [0.15, 0.2) is 5.70 Å². The maximum Gasteiger partial charge on any atom is 0.209 e. The van der Waals surface area contributed by atoms with Crippen molar-refractivity contribution >= 4 is 5.94 Å². The molecule has 0 aromatic rings. The van der Waals surface area contributed by atoms with Crippen molar-refractivity contribution in [3.05, 3.63) is 5.70 Å².